The van der Waals surface area contributed by atoms with E-state index in [1.54, 1.807) is 0 Å². The van der Waals surface area contributed by atoms with E-state index in [2.05, 4.69) is 22.2 Å². The van der Waals surface area contributed by atoms with Gasteiger partial charge in [-0.1, -0.05) is 24.3 Å². The van der Waals surface area contributed by atoms with Crippen molar-refractivity contribution in [3.63, 3.8) is 0 Å². The fraction of sp³-hybridized carbons (Fsp3) is 0. The van der Waals surface area contributed by atoms with E-state index in [-0.39, 0.29) is 0 Å². The van der Waals surface area contributed by atoms with Gasteiger partial charge >= 0.3 is 0 Å². The quantitative estimate of drug-likeness (QED) is 0.607. The Kier molecular flexibility index (Phi) is 1.78. The summed E-state index contributed by atoms with van der Waals surface area (Å²) in [6.07, 6.45) is 12.1. The van der Waals surface area contributed by atoms with Gasteiger partial charge in [0.15, 0.2) is 0 Å². The largest absolute Gasteiger partial charge is 0.322 e. The highest BCUT2D eigenvalue weighted by atomic mass is 15.1. The van der Waals surface area contributed by atoms with Crippen LogP contribution in [0.15, 0.2) is 65.6 Å². The van der Waals surface area contributed by atoms with E-state index in [0.29, 0.717) is 0 Å². The number of benzene rings is 1. The molecule has 0 N–H and O–H groups in total. The first-order chi connectivity index (χ1) is 7.43. The van der Waals surface area contributed by atoms with Crippen molar-refractivity contribution in [1.29, 1.82) is 0 Å². The second-order valence-electron chi connectivity index (χ2n) is 3.48. The Morgan fingerprint density at radius 1 is 1.07 bits per heavy atom. The van der Waals surface area contributed by atoms with E-state index in [0.717, 1.165) is 16.3 Å². The number of hydrogen-bond acceptors (Lipinski definition) is 2. The summed E-state index contributed by atoms with van der Waals surface area (Å²) < 4.78 is 0. The van der Waals surface area contributed by atoms with Crippen LogP contribution in [0.2, 0.25) is 0 Å². The molecule has 2 nitrogen and oxygen atoms in total. The molecule has 0 unspecified atom stereocenters. The smallest absolute Gasteiger partial charge is 0.0717 e. The van der Waals surface area contributed by atoms with Crippen molar-refractivity contribution >= 4 is 6.20 Å². The molecule has 2 aliphatic heterocycles. The molecular weight excluding hydrogens is 184 g/mol. The summed E-state index contributed by atoms with van der Waals surface area (Å²) >= 11 is 0. The monoisotopic (exact) mass is 194 g/mol. The lowest BCUT2D eigenvalue weighted by Gasteiger charge is -2.17. The second-order valence-corrected chi connectivity index (χ2v) is 3.48. The van der Waals surface area contributed by atoms with E-state index in [4.69, 9.17) is 0 Å². The minimum atomic E-state index is 1.02. The van der Waals surface area contributed by atoms with Crippen molar-refractivity contribution in [3.8, 4) is 0 Å². The lowest BCUT2D eigenvalue weighted by atomic mass is 10.2. The summed E-state index contributed by atoms with van der Waals surface area (Å²) in [4.78, 5) is 6.53. The maximum absolute atomic E-state index is 4.45. The molecule has 0 aromatic heterocycles. The topological polar surface area (TPSA) is 15.6 Å². The van der Waals surface area contributed by atoms with Gasteiger partial charge in [0.05, 0.1) is 17.3 Å². The van der Waals surface area contributed by atoms with Crippen LogP contribution >= 0.6 is 0 Å². The molecule has 1 aromatic carbocycles. The molecule has 0 saturated carbocycles. The third-order valence-electron chi connectivity index (χ3n) is 2.47. The molecule has 1 aromatic rings. The second kappa shape index (κ2) is 3.24. The molecule has 2 heterocycles. The first kappa shape index (κ1) is 8.24. The van der Waals surface area contributed by atoms with Gasteiger partial charge < -0.3 is 4.90 Å². The fourth-order valence-electron chi connectivity index (χ4n) is 1.70. The van der Waals surface area contributed by atoms with Gasteiger partial charge in [-0.2, -0.15) is 0 Å². The van der Waals surface area contributed by atoms with Crippen LogP contribution in [0.1, 0.15) is 0 Å². The van der Waals surface area contributed by atoms with Crippen LogP contribution in [0.5, 0.6) is 0 Å². The number of nitrogens with zero attached hydrogens (tertiary/aromatic N) is 2. The molecule has 72 valence electrons. The van der Waals surface area contributed by atoms with Crippen LogP contribution in [0.25, 0.3) is 6.20 Å². The summed E-state index contributed by atoms with van der Waals surface area (Å²) in [6, 6.07) is 8.13. The summed E-state index contributed by atoms with van der Waals surface area (Å²) in [6.45, 7) is 0. The molecule has 0 amide bonds. The predicted octanol–water partition coefficient (Wildman–Crippen LogP) is 1.28. The molecule has 0 spiro atoms. The number of fused-ring (bicyclic) bond motifs is 2. The molecule has 0 atom stereocenters. The van der Waals surface area contributed by atoms with Crippen molar-refractivity contribution < 1.29 is 0 Å². The molecule has 3 rings (SSSR count). The zero-order chi connectivity index (χ0) is 10.1. The first-order valence-electron chi connectivity index (χ1n) is 4.92. The van der Waals surface area contributed by atoms with E-state index < -0.39 is 0 Å². The van der Waals surface area contributed by atoms with Gasteiger partial charge in [-0.15, -0.1) is 0 Å². The van der Waals surface area contributed by atoms with Gasteiger partial charge in [-0.3, -0.25) is 4.99 Å². The Morgan fingerprint density at radius 2 is 2.00 bits per heavy atom. The number of rotatable bonds is 0. The third-order valence-corrected chi connectivity index (χ3v) is 2.47. The van der Waals surface area contributed by atoms with Gasteiger partial charge in [0.1, 0.15) is 0 Å². The molecule has 0 fully saturated rings. The standard InChI is InChI=1S/C13H10N2/c1-2-7-13-11(5-1)10-15-8-4-3-6-12(15)9-14-13/h1-10H. The van der Waals surface area contributed by atoms with Gasteiger partial charge in [0, 0.05) is 17.6 Å². The lowest BCUT2D eigenvalue weighted by molar-refractivity contribution is 0.698. The van der Waals surface area contributed by atoms with Crippen molar-refractivity contribution in [2.24, 2.45) is 4.99 Å². The molecule has 0 bridgehead atoms. The molecule has 0 radical (unpaired) electrons. The summed E-state index contributed by atoms with van der Waals surface area (Å²) in [5, 5.41) is 2.16. The van der Waals surface area contributed by atoms with Crippen LogP contribution in [-0.4, -0.2) is 4.90 Å². The van der Waals surface area contributed by atoms with Crippen molar-refractivity contribution in [3.05, 3.63) is 71.2 Å². The van der Waals surface area contributed by atoms with Crippen LogP contribution < -0.4 is 10.6 Å². The third kappa shape index (κ3) is 1.40. The van der Waals surface area contributed by atoms with Gasteiger partial charge in [-0.05, 0) is 18.2 Å². The number of hydrogen-bond donors (Lipinski definition) is 0. The predicted molar refractivity (Wildman–Crippen MR) is 59.9 cm³/mol. The SMILES string of the molecule is C1=CC2=CN=c3ccccc3=CN2C=C1. The van der Waals surface area contributed by atoms with Crippen LogP contribution in [-0.2, 0) is 0 Å². The number of para-hydroxylation sites is 1. The zero-order valence-electron chi connectivity index (χ0n) is 8.17. The molecule has 0 aliphatic carbocycles. The molecule has 0 saturated heterocycles. The Bertz CT molecular complexity index is 591. The van der Waals surface area contributed by atoms with Crippen LogP contribution in [0.3, 0.4) is 0 Å². The van der Waals surface area contributed by atoms with Gasteiger partial charge in [0.2, 0.25) is 0 Å². The van der Waals surface area contributed by atoms with E-state index in [9.17, 15) is 0 Å². The zero-order valence-corrected chi connectivity index (χ0v) is 8.17. The van der Waals surface area contributed by atoms with Crippen molar-refractivity contribution in [2.45, 2.75) is 0 Å². The van der Waals surface area contributed by atoms with Crippen molar-refractivity contribution in [1.82, 2.24) is 4.90 Å². The molecule has 2 heteroatoms. The lowest BCUT2D eigenvalue weighted by Crippen LogP contribution is -2.25. The summed E-state index contributed by atoms with van der Waals surface area (Å²) in [7, 11) is 0. The van der Waals surface area contributed by atoms with E-state index >= 15 is 0 Å². The molecule has 15 heavy (non-hydrogen) atoms. The van der Waals surface area contributed by atoms with Crippen molar-refractivity contribution in [2.75, 3.05) is 0 Å². The minimum Gasteiger partial charge on any atom is -0.322 e. The minimum absolute atomic E-state index is 1.02. The Hall–Kier alpha value is -2.09. The maximum Gasteiger partial charge on any atom is 0.0717 e. The van der Waals surface area contributed by atoms with Gasteiger partial charge in [0.25, 0.3) is 0 Å². The highest BCUT2D eigenvalue weighted by Crippen LogP contribution is 2.13. The average molecular weight is 194 g/mol. The highest BCUT2D eigenvalue weighted by Gasteiger charge is 2.05. The Labute approximate surface area is 87.9 Å². The summed E-state index contributed by atoms with van der Waals surface area (Å²) in [5.41, 5.74) is 1.09. The Morgan fingerprint density at radius 3 is 3.00 bits per heavy atom. The van der Waals surface area contributed by atoms with Crippen LogP contribution in [0, 0.1) is 0 Å². The van der Waals surface area contributed by atoms with E-state index in [1.807, 2.05) is 48.8 Å². The summed E-state index contributed by atoms with van der Waals surface area (Å²) in [5.74, 6) is 0. The first-order valence-corrected chi connectivity index (χ1v) is 4.92. The molecular formula is C13H10N2. The van der Waals surface area contributed by atoms with Crippen LogP contribution in [0.4, 0.5) is 0 Å². The van der Waals surface area contributed by atoms with Gasteiger partial charge in [-0.25, -0.2) is 0 Å². The number of allylic oxidation sites excluding steroid dienone is 3. The normalized spacial score (nSPS) is 16.8. The Balaban J connectivity index is 2.28. The fourth-order valence-corrected chi connectivity index (χ4v) is 1.70. The highest BCUT2D eigenvalue weighted by molar-refractivity contribution is 5.40. The maximum atomic E-state index is 4.45. The average Bonchev–Trinajstić information content (AvgIpc) is 2.48. The van der Waals surface area contributed by atoms with E-state index in [1.165, 1.54) is 0 Å². The molecule has 2 aliphatic rings.